The molecular weight excluding hydrogens is 272 g/mol. The Morgan fingerprint density at radius 2 is 2.38 bits per heavy atom. The van der Waals surface area contributed by atoms with Crippen molar-refractivity contribution in [3.8, 4) is 0 Å². The van der Waals surface area contributed by atoms with E-state index in [0.717, 1.165) is 10.3 Å². The maximum atomic E-state index is 10.0. The van der Waals surface area contributed by atoms with Crippen LogP contribution in [0.4, 0.5) is 5.82 Å². The highest BCUT2D eigenvalue weighted by Crippen LogP contribution is 2.19. The molecule has 0 spiro atoms. The van der Waals surface area contributed by atoms with Gasteiger partial charge in [0.2, 0.25) is 0 Å². The summed E-state index contributed by atoms with van der Waals surface area (Å²) in [5.41, 5.74) is -0.799. The number of nitrogens with zero attached hydrogens (tertiary/aromatic N) is 1. The van der Waals surface area contributed by atoms with E-state index in [4.69, 9.17) is 4.74 Å². The summed E-state index contributed by atoms with van der Waals surface area (Å²) in [6, 6.07) is 3.75. The zero-order valence-corrected chi connectivity index (χ0v) is 11.1. The maximum absolute atomic E-state index is 10.0. The van der Waals surface area contributed by atoms with Crippen LogP contribution >= 0.6 is 15.9 Å². The molecular formula is C11H17BrN2O2. The third-order valence-corrected chi connectivity index (χ3v) is 2.88. The molecule has 1 rings (SSSR count). The number of ether oxygens (including phenoxy) is 1. The number of rotatable bonds is 6. The first-order chi connectivity index (χ1) is 7.55. The number of nitrogens with one attached hydrogen (secondary N) is 1. The van der Waals surface area contributed by atoms with Crippen LogP contribution in [0, 0.1) is 0 Å². The zero-order chi connectivity index (χ0) is 12.0. The Labute approximate surface area is 104 Å². The molecule has 2 N–H and O–H groups in total. The predicted molar refractivity (Wildman–Crippen MR) is 67.5 cm³/mol. The average Bonchev–Trinajstić information content (AvgIpc) is 2.26. The second kappa shape index (κ2) is 6.18. The molecule has 0 amide bonds. The Hall–Kier alpha value is -0.650. The van der Waals surface area contributed by atoms with Gasteiger partial charge in [-0.2, -0.15) is 0 Å². The lowest BCUT2D eigenvalue weighted by molar-refractivity contribution is 0.0357. The number of halogens is 1. The van der Waals surface area contributed by atoms with Gasteiger partial charge in [-0.1, -0.05) is 0 Å². The quantitative estimate of drug-likeness (QED) is 0.841. The molecule has 0 radical (unpaired) electrons. The van der Waals surface area contributed by atoms with Crippen LogP contribution in [0.1, 0.15) is 13.3 Å². The molecule has 1 aromatic heterocycles. The van der Waals surface area contributed by atoms with Crippen LogP contribution in [0.25, 0.3) is 0 Å². The monoisotopic (exact) mass is 288 g/mol. The average molecular weight is 289 g/mol. The van der Waals surface area contributed by atoms with Gasteiger partial charge >= 0.3 is 0 Å². The fourth-order valence-electron chi connectivity index (χ4n) is 1.20. The number of anilines is 1. The zero-order valence-electron chi connectivity index (χ0n) is 9.53. The number of aliphatic hydroxyl groups is 1. The maximum Gasteiger partial charge on any atom is 0.140 e. The lowest BCUT2D eigenvalue weighted by atomic mass is 10.0. The third-order valence-electron chi connectivity index (χ3n) is 2.24. The summed E-state index contributed by atoms with van der Waals surface area (Å²) in [6.45, 7) is 2.75. The Balaban J connectivity index is 2.47. The van der Waals surface area contributed by atoms with Gasteiger partial charge in [-0.15, -0.1) is 0 Å². The van der Waals surface area contributed by atoms with Crippen molar-refractivity contribution in [1.82, 2.24) is 4.98 Å². The van der Waals surface area contributed by atoms with Crippen molar-refractivity contribution in [1.29, 1.82) is 0 Å². The lowest BCUT2D eigenvalue weighted by Gasteiger charge is -2.23. The minimum absolute atomic E-state index is 0.436. The van der Waals surface area contributed by atoms with Crippen molar-refractivity contribution < 1.29 is 9.84 Å². The molecule has 1 heterocycles. The van der Waals surface area contributed by atoms with E-state index in [1.54, 1.807) is 20.2 Å². The second-order valence-corrected chi connectivity index (χ2v) is 4.78. The van der Waals surface area contributed by atoms with E-state index in [1.807, 2.05) is 12.1 Å². The smallest absolute Gasteiger partial charge is 0.140 e. The van der Waals surface area contributed by atoms with E-state index in [9.17, 15) is 5.11 Å². The molecule has 0 bridgehead atoms. The highest BCUT2D eigenvalue weighted by molar-refractivity contribution is 9.10. The van der Waals surface area contributed by atoms with Crippen molar-refractivity contribution in [3.05, 3.63) is 22.8 Å². The van der Waals surface area contributed by atoms with Gasteiger partial charge in [0.1, 0.15) is 5.82 Å². The van der Waals surface area contributed by atoms with Gasteiger partial charge in [-0.3, -0.25) is 0 Å². The van der Waals surface area contributed by atoms with E-state index in [2.05, 4.69) is 26.2 Å². The molecule has 5 heteroatoms. The van der Waals surface area contributed by atoms with Gasteiger partial charge in [0, 0.05) is 32.9 Å². The first-order valence-corrected chi connectivity index (χ1v) is 5.90. The van der Waals surface area contributed by atoms with Crippen molar-refractivity contribution in [3.63, 3.8) is 0 Å². The molecule has 0 aliphatic heterocycles. The molecule has 16 heavy (non-hydrogen) atoms. The van der Waals surface area contributed by atoms with Crippen molar-refractivity contribution in [2.45, 2.75) is 18.9 Å². The summed E-state index contributed by atoms with van der Waals surface area (Å²) in [5.74, 6) is 0.736. The summed E-state index contributed by atoms with van der Waals surface area (Å²) >= 11 is 3.39. The number of hydrogen-bond donors (Lipinski definition) is 2. The normalized spacial score (nSPS) is 14.5. The van der Waals surface area contributed by atoms with Gasteiger partial charge in [0.05, 0.1) is 10.1 Å². The van der Waals surface area contributed by atoms with E-state index >= 15 is 0 Å². The van der Waals surface area contributed by atoms with Crippen LogP contribution < -0.4 is 5.32 Å². The standard InChI is InChI=1S/C11H17BrN2O2/c1-11(15,5-7-16-2)8-14-10-9(12)4-3-6-13-10/h3-4,6,15H,5,7-8H2,1-2H3,(H,13,14). The lowest BCUT2D eigenvalue weighted by Crippen LogP contribution is -2.34. The fourth-order valence-corrected chi connectivity index (χ4v) is 1.60. The Bertz CT molecular complexity index is 332. The first kappa shape index (κ1) is 13.4. The molecule has 1 aromatic rings. The van der Waals surface area contributed by atoms with Gasteiger partial charge in [0.25, 0.3) is 0 Å². The Morgan fingerprint density at radius 3 is 3.00 bits per heavy atom. The summed E-state index contributed by atoms with van der Waals surface area (Å²) in [6.07, 6.45) is 2.29. The van der Waals surface area contributed by atoms with Gasteiger partial charge in [-0.05, 0) is 35.0 Å². The van der Waals surface area contributed by atoms with Gasteiger partial charge in [0.15, 0.2) is 0 Å². The van der Waals surface area contributed by atoms with Crippen LogP contribution in [0.5, 0.6) is 0 Å². The minimum Gasteiger partial charge on any atom is -0.388 e. The molecule has 0 fully saturated rings. The van der Waals surface area contributed by atoms with Crippen LogP contribution in [-0.4, -0.2) is 36.0 Å². The Morgan fingerprint density at radius 1 is 1.62 bits per heavy atom. The van der Waals surface area contributed by atoms with Crippen LogP contribution in [0.2, 0.25) is 0 Å². The molecule has 0 saturated carbocycles. The van der Waals surface area contributed by atoms with E-state index in [0.29, 0.717) is 19.6 Å². The largest absolute Gasteiger partial charge is 0.388 e. The minimum atomic E-state index is -0.799. The summed E-state index contributed by atoms with van der Waals surface area (Å²) in [4.78, 5) is 4.16. The molecule has 0 aromatic carbocycles. The second-order valence-electron chi connectivity index (χ2n) is 3.93. The first-order valence-electron chi connectivity index (χ1n) is 5.11. The highest BCUT2D eigenvalue weighted by atomic mass is 79.9. The molecule has 0 aliphatic carbocycles. The summed E-state index contributed by atoms with van der Waals surface area (Å²) in [7, 11) is 1.62. The molecule has 90 valence electrons. The van der Waals surface area contributed by atoms with Crippen molar-refractivity contribution in [2.24, 2.45) is 0 Å². The number of pyridine rings is 1. The Kier molecular flexibility index (Phi) is 5.18. The third kappa shape index (κ3) is 4.47. The van der Waals surface area contributed by atoms with Crippen molar-refractivity contribution in [2.75, 3.05) is 25.6 Å². The number of hydrogen-bond acceptors (Lipinski definition) is 4. The van der Waals surface area contributed by atoms with Gasteiger partial charge < -0.3 is 15.2 Å². The van der Waals surface area contributed by atoms with Crippen molar-refractivity contribution >= 4 is 21.7 Å². The molecule has 0 saturated heterocycles. The highest BCUT2D eigenvalue weighted by Gasteiger charge is 2.20. The predicted octanol–water partition coefficient (Wildman–Crippen LogP) is 2.04. The summed E-state index contributed by atoms with van der Waals surface area (Å²) < 4.78 is 5.83. The molecule has 0 aliphatic rings. The molecule has 1 unspecified atom stereocenters. The van der Waals surface area contributed by atoms with E-state index < -0.39 is 5.60 Å². The van der Waals surface area contributed by atoms with Crippen LogP contribution in [0.3, 0.4) is 0 Å². The molecule has 1 atom stereocenters. The van der Waals surface area contributed by atoms with Crippen LogP contribution in [0.15, 0.2) is 22.8 Å². The van der Waals surface area contributed by atoms with Crippen LogP contribution in [-0.2, 0) is 4.74 Å². The number of aromatic nitrogens is 1. The van der Waals surface area contributed by atoms with Gasteiger partial charge in [-0.25, -0.2) is 4.98 Å². The summed E-state index contributed by atoms with van der Waals surface area (Å²) in [5, 5.41) is 13.1. The SMILES string of the molecule is COCCC(C)(O)CNc1ncccc1Br. The molecule has 4 nitrogen and oxygen atoms in total. The van der Waals surface area contributed by atoms with E-state index in [-0.39, 0.29) is 0 Å². The van der Waals surface area contributed by atoms with E-state index in [1.165, 1.54) is 0 Å². The topological polar surface area (TPSA) is 54.4 Å². The number of methoxy groups -OCH3 is 1. The fraction of sp³-hybridized carbons (Fsp3) is 0.545.